The highest BCUT2D eigenvalue weighted by Crippen LogP contribution is 2.31. The van der Waals surface area contributed by atoms with Crippen LogP contribution in [0.3, 0.4) is 0 Å². The summed E-state index contributed by atoms with van der Waals surface area (Å²) in [5, 5.41) is 10.7. The summed E-state index contributed by atoms with van der Waals surface area (Å²) in [5.41, 5.74) is -0.226. The Balaban J connectivity index is 2.88. The highest BCUT2D eigenvalue weighted by Gasteiger charge is 2.25. The number of halogens is 1. The maximum absolute atomic E-state index is 11.8. The predicted molar refractivity (Wildman–Crippen MR) is 71.1 cm³/mol. The molecule has 0 aliphatic rings. The molecule has 0 fully saturated rings. The van der Waals surface area contributed by atoms with Crippen molar-refractivity contribution in [2.24, 2.45) is 0 Å². The molecule has 2 aromatic rings. The van der Waals surface area contributed by atoms with Crippen molar-refractivity contribution in [3.8, 4) is 5.75 Å². The van der Waals surface area contributed by atoms with Gasteiger partial charge in [-0.1, -0.05) is 11.6 Å². The molecule has 1 aromatic carbocycles. The van der Waals surface area contributed by atoms with Crippen LogP contribution in [0.15, 0.2) is 18.2 Å². The van der Waals surface area contributed by atoms with E-state index in [2.05, 4.69) is 14.5 Å². The number of hydrogen-bond acceptors (Lipinski definition) is 6. The van der Waals surface area contributed by atoms with Gasteiger partial charge >= 0.3 is 11.9 Å². The van der Waals surface area contributed by atoms with E-state index in [0.717, 1.165) is 14.2 Å². The maximum Gasteiger partial charge on any atom is 0.360 e. The number of ether oxygens (including phenoxy) is 2. The molecular formula is C13H10ClNO5. The maximum atomic E-state index is 11.8. The highest BCUT2D eigenvalue weighted by atomic mass is 35.5. The molecule has 0 amide bonds. The highest BCUT2D eigenvalue weighted by molar-refractivity contribution is 6.31. The lowest BCUT2D eigenvalue weighted by Crippen LogP contribution is -2.10. The van der Waals surface area contributed by atoms with Crippen molar-refractivity contribution in [2.75, 3.05) is 14.2 Å². The van der Waals surface area contributed by atoms with E-state index in [1.165, 1.54) is 12.1 Å². The van der Waals surface area contributed by atoms with Gasteiger partial charge in [-0.25, -0.2) is 14.6 Å². The fourth-order valence-electron chi connectivity index (χ4n) is 1.77. The van der Waals surface area contributed by atoms with Gasteiger partial charge in [-0.3, -0.25) is 0 Å². The molecule has 6 nitrogen and oxygen atoms in total. The first-order valence-corrected chi connectivity index (χ1v) is 5.86. The van der Waals surface area contributed by atoms with Gasteiger partial charge in [-0.2, -0.15) is 0 Å². The number of benzene rings is 1. The third kappa shape index (κ3) is 2.25. The smallest absolute Gasteiger partial charge is 0.360 e. The average molecular weight is 296 g/mol. The Labute approximate surface area is 118 Å². The van der Waals surface area contributed by atoms with Crippen LogP contribution in [0.25, 0.3) is 10.9 Å². The molecule has 0 aliphatic heterocycles. The summed E-state index contributed by atoms with van der Waals surface area (Å²) < 4.78 is 9.13. The molecule has 104 valence electrons. The van der Waals surface area contributed by atoms with E-state index in [9.17, 15) is 14.7 Å². The fourth-order valence-corrected chi connectivity index (χ4v) is 1.95. The van der Waals surface area contributed by atoms with E-state index >= 15 is 0 Å². The van der Waals surface area contributed by atoms with E-state index in [-0.39, 0.29) is 16.6 Å². The molecule has 1 heterocycles. The third-order valence-corrected chi connectivity index (χ3v) is 2.92. The number of pyridine rings is 1. The van der Waals surface area contributed by atoms with Crippen LogP contribution in [0.5, 0.6) is 5.75 Å². The number of hydrogen-bond donors (Lipinski definition) is 1. The van der Waals surface area contributed by atoms with Gasteiger partial charge in [-0.15, -0.1) is 0 Å². The summed E-state index contributed by atoms with van der Waals surface area (Å²) >= 11 is 5.87. The van der Waals surface area contributed by atoms with E-state index < -0.39 is 17.7 Å². The Morgan fingerprint density at radius 3 is 2.45 bits per heavy atom. The van der Waals surface area contributed by atoms with Crippen LogP contribution in [0.1, 0.15) is 20.8 Å². The molecule has 20 heavy (non-hydrogen) atoms. The normalized spacial score (nSPS) is 10.3. The Hall–Kier alpha value is -2.34. The van der Waals surface area contributed by atoms with Gasteiger partial charge < -0.3 is 14.6 Å². The second kappa shape index (κ2) is 5.34. The summed E-state index contributed by atoms with van der Waals surface area (Å²) in [6.07, 6.45) is 0. The van der Waals surface area contributed by atoms with Crippen molar-refractivity contribution in [3.63, 3.8) is 0 Å². The lowest BCUT2D eigenvalue weighted by molar-refractivity contribution is 0.0588. The Bertz CT molecular complexity index is 713. The van der Waals surface area contributed by atoms with E-state index in [1.807, 2.05) is 0 Å². The van der Waals surface area contributed by atoms with Crippen LogP contribution in [-0.4, -0.2) is 36.2 Å². The number of aromatic hydroxyl groups is 1. The summed E-state index contributed by atoms with van der Waals surface area (Å²) in [7, 11) is 2.31. The van der Waals surface area contributed by atoms with Crippen LogP contribution in [0.4, 0.5) is 0 Å². The summed E-state index contributed by atoms with van der Waals surface area (Å²) in [5.74, 6) is -2.26. The summed E-state index contributed by atoms with van der Waals surface area (Å²) in [6.45, 7) is 0. The number of carbonyl (C=O) groups is 2. The Kier molecular flexibility index (Phi) is 3.76. The Morgan fingerprint density at radius 1 is 1.20 bits per heavy atom. The van der Waals surface area contributed by atoms with Crippen LogP contribution in [0, 0.1) is 0 Å². The molecule has 1 aromatic heterocycles. The second-order valence-electron chi connectivity index (χ2n) is 3.83. The minimum atomic E-state index is -0.857. The van der Waals surface area contributed by atoms with Gasteiger partial charge in [0.15, 0.2) is 11.4 Å². The topological polar surface area (TPSA) is 85.7 Å². The largest absolute Gasteiger partial charge is 0.505 e. The lowest BCUT2D eigenvalue weighted by Gasteiger charge is -2.10. The minimum Gasteiger partial charge on any atom is -0.505 e. The van der Waals surface area contributed by atoms with E-state index in [4.69, 9.17) is 11.6 Å². The molecule has 0 atom stereocenters. The summed E-state index contributed by atoms with van der Waals surface area (Å²) in [6, 6.07) is 4.53. The molecule has 0 bridgehead atoms. The standard InChI is InChI=1S/C13H10ClNO5/c1-19-12(17)9-7-5-6(14)3-4-8(7)15-10(11(9)16)13(18)20-2/h3-5,16H,1-2H3. The van der Waals surface area contributed by atoms with Crippen molar-refractivity contribution in [2.45, 2.75) is 0 Å². The number of rotatable bonds is 2. The van der Waals surface area contributed by atoms with E-state index in [1.54, 1.807) is 6.07 Å². The Morgan fingerprint density at radius 2 is 1.85 bits per heavy atom. The van der Waals surface area contributed by atoms with Crippen molar-refractivity contribution in [3.05, 3.63) is 34.5 Å². The molecule has 0 saturated heterocycles. The quantitative estimate of drug-likeness (QED) is 0.855. The third-order valence-electron chi connectivity index (χ3n) is 2.69. The number of methoxy groups -OCH3 is 2. The fraction of sp³-hybridized carbons (Fsp3) is 0.154. The number of esters is 2. The monoisotopic (exact) mass is 295 g/mol. The average Bonchev–Trinajstić information content (AvgIpc) is 2.45. The van der Waals surface area contributed by atoms with Gasteiger partial charge in [-0.05, 0) is 18.2 Å². The molecule has 0 spiro atoms. The minimum absolute atomic E-state index is 0.180. The van der Waals surface area contributed by atoms with Gasteiger partial charge in [0.2, 0.25) is 0 Å². The zero-order valence-electron chi connectivity index (χ0n) is 10.6. The first-order chi connectivity index (χ1) is 9.49. The first-order valence-electron chi connectivity index (χ1n) is 5.48. The molecular weight excluding hydrogens is 286 g/mol. The van der Waals surface area contributed by atoms with Crippen LogP contribution in [-0.2, 0) is 9.47 Å². The van der Waals surface area contributed by atoms with E-state index in [0.29, 0.717) is 10.5 Å². The van der Waals surface area contributed by atoms with Crippen molar-refractivity contribution in [1.29, 1.82) is 0 Å². The second-order valence-corrected chi connectivity index (χ2v) is 4.27. The van der Waals surface area contributed by atoms with Gasteiger partial charge in [0.25, 0.3) is 0 Å². The van der Waals surface area contributed by atoms with Gasteiger partial charge in [0, 0.05) is 10.4 Å². The van der Waals surface area contributed by atoms with Gasteiger partial charge in [0.05, 0.1) is 19.7 Å². The lowest BCUT2D eigenvalue weighted by atomic mass is 10.1. The predicted octanol–water partition coefficient (Wildman–Crippen LogP) is 2.17. The van der Waals surface area contributed by atoms with Crippen LogP contribution < -0.4 is 0 Å². The van der Waals surface area contributed by atoms with Gasteiger partial charge in [0.1, 0.15) is 5.56 Å². The molecule has 0 radical (unpaired) electrons. The first kappa shape index (κ1) is 14.1. The number of aromatic nitrogens is 1. The molecule has 7 heteroatoms. The van der Waals surface area contributed by atoms with Crippen LogP contribution >= 0.6 is 11.6 Å². The van der Waals surface area contributed by atoms with Crippen molar-refractivity contribution >= 4 is 34.4 Å². The summed E-state index contributed by atoms with van der Waals surface area (Å²) in [4.78, 5) is 27.4. The van der Waals surface area contributed by atoms with Crippen molar-refractivity contribution in [1.82, 2.24) is 4.98 Å². The van der Waals surface area contributed by atoms with Crippen LogP contribution in [0.2, 0.25) is 5.02 Å². The molecule has 2 rings (SSSR count). The SMILES string of the molecule is COC(=O)c1nc2ccc(Cl)cc2c(C(=O)OC)c1O. The molecule has 1 N–H and O–H groups in total. The number of fused-ring (bicyclic) bond motifs is 1. The molecule has 0 aliphatic carbocycles. The zero-order chi connectivity index (χ0) is 14.9. The zero-order valence-corrected chi connectivity index (χ0v) is 11.4. The molecule has 0 saturated carbocycles. The number of carbonyl (C=O) groups excluding carboxylic acids is 2. The van der Waals surface area contributed by atoms with Crippen molar-refractivity contribution < 1.29 is 24.2 Å². The molecule has 0 unspecified atom stereocenters. The number of nitrogens with zero attached hydrogens (tertiary/aromatic N) is 1.